The van der Waals surface area contributed by atoms with Crippen molar-refractivity contribution in [1.82, 2.24) is 10.6 Å². The fourth-order valence-corrected chi connectivity index (χ4v) is 2.43. The summed E-state index contributed by atoms with van der Waals surface area (Å²) in [6.07, 6.45) is 3.16. The van der Waals surface area contributed by atoms with Gasteiger partial charge in [-0.3, -0.25) is 9.59 Å². The highest BCUT2D eigenvalue weighted by Gasteiger charge is 2.14. The van der Waals surface area contributed by atoms with Crippen molar-refractivity contribution >= 4 is 29.5 Å². The quantitative estimate of drug-likeness (QED) is 0.472. The van der Waals surface area contributed by atoms with Crippen molar-refractivity contribution in [2.75, 3.05) is 13.2 Å². The zero-order valence-corrected chi connectivity index (χ0v) is 17.3. The van der Waals surface area contributed by atoms with Crippen LogP contribution in [0.4, 0.5) is 0 Å². The molecule has 0 aliphatic rings. The van der Waals surface area contributed by atoms with Crippen molar-refractivity contribution in [1.29, 1.82) is 0 Å². The maximum Gasteiger partial charge on any atom is 0.268 e. The number of hydrogen-bond donors (Lipinski definition) is 2. The van der Waals surface area contributed by atoms with Crippen LogP contribution in [0, 0.1) is 5.92 Å². The van der Waals surface area contributed by atoms with Gasteiger partial charge in [-0.15, -0.1) is 6.58 Å². The van der Waals surface area contributed by atoms with Gasteiger partial charge in [-0.2, -0.15) is 0 Å². The minimum Gasteiger partial charge on any atom is -0.493 e. The minimum atomic E-state index is -0.412. The standard InChI is InChI=1S/C23H25ClN2O3/c1-4-13-25-23(28)21(14-17-5-9-19(24)10-6-17)26-22(27)18-7-11-20(12-8-18)29-15-16(2)3/h4-12,14,16H,1,13,15H2,2-3H3,(H,25,28)(H,26,27)/b21-14+. The van der Waals surface area contributed by atoms with Gasteiger partial charge in [0.25, 0.3) is 11.8 Å². The lowest BCUT2D eigenvalue weighted by Gasteiger charge is -2.12. The van der Waals surface area contributed by atoms with Gasteiger partial charge in [-0.25, -0.2) is 0 Å². The molecule has 0 fully saturated rings. The molecule has 0 heterocycles. The Kier molecular flexibility index (Phi) is 8.49. The number of nitrogens with one attached hydrogen (secondary N) is 2. The molecule has 0 aliphatic heterocycles. The number of amides is 2. The zero-order chi connectivity index (χ0) is 21.2. The van der Waals surface area contributed by atoms with Crippen molar-refractivity contribution in [2.45, 2.75) is 13.8 Å². The van der Waals surface area contributed by atoms with Gasteiger partial charge in [0.2, 0.25) is 0 Å². The molecule has 0 aromatic heterocycles. The van der Waals surface area contributed by atoms with Gasteiger partial charge in [0, 0.05) is 17.1 Å². The molecule has 0 bridgehead atoms. The monoisotopic (exact) mass is 412 g/mol. The largest absolute Gasteiger partial charge is 0.493 e. The summed E-state index contributed by atoms with van der Waals surface area (Å²) in [6.45, 7) is 8.59. The average Bonchev–Trinajstić information content (AvgIpc) is 2.71. The first-order valence-corrected chi connectivity index (χ1v) is 9.67. The van der Waals surface area contributed by atoms with Crippen LogP contribution in [0.3, 0.4) is 0 Å². The maximum absolute atomic E-state index is 12.6. The second kappa shape index (κ2) is 11.1. The zero-order valence-electron chi connectivity index (χ0n) is 16.6. The molecule has 29 heavy (non-hydrogen) atoms. The van der Waals surface area contributed by atoms with Gasteiger partial charge >= 0.3 is 0 Å². The van der Waals surface area contributed by atoms with E-state index < -0.39 is 11.8 Å². The lowest BCUT2D eigenvalue weighted by molar-refractivity contribution is -0.117. The van der Waals surface area contributed by atoms with Gasteiger partial charge in [0.15, 0.2) is 0 Å². The Morgan fingerprint density at radius 1 is 1.10 bits per heavy atom. The Labute approximate surface area is 176 Å². The molecule has 6 heteroatoms. The summed E-state index contributed by atoms with van der Waals surface area (Å²) in [5.74, 6) is 0.294. The Morgan fingerprint density at radius 2 is 1.76 bits per heavy atom. The van der Waals surface area contributed by atoms with Crippen LogP contribution in [0.5, 0.6) is 5.75 Å². The fraction of sp³-hybridized carbons (Fsp3) is 0.217. The number of rotatable bonds is 9. The van der Waals surface area contributed by atoms with E-state index in [9.17, 15) is 9.59 Å². The van der Waals surface area contributed by atoms with E-state index in [0.717, 1.165) is 5.56 Å². The van der Waals surface area contributed by atoms with Gasteiger partial charge in [-0.1, -0.05) is 43.7 Å². The Balaban J connectivity index is 2.16. The van der Waals surface area contributed by atoms with Crippen LogP contribution >= 0.6 is 11.6 Å². The first-order valence-electron chi connectivity index (χ1n) is 9.29. The third-order valence-electron chi connectivity index (χ3n) is 3.78. The van der Waals surface area contributed by atoms with Crippen LogP contribution in [0.25, 0.3) is 6.08 Å². The normalized spacial score (nSPS) is 11.1. The highest BCUT2D eigenvalue weighted by molar-refractivity contribution is 6.30. The molecule has 2 N–H and O–H groups in total. The summed E-state index contributed by atoms with van der Waals surface area (Å²) in [5.41, 5.74) is 1.27. The summed E-state index contributed by atoms with van der Waals surface area (Å²) in [6, 6.07) is 13.7. The van der Waals surface area contributed by atoms with Crippen LogP contribution in [0.1, 0.15) is 29.8 Å². The van der Waals surface area contributed by atoms with E-state index >= 15 is 0 Å². The molecule has 2 amide bonds. The number of benzene rings is 2. The highest BCUT2D eigenvalue weighted by atomic mass is 35.5. The molecule has 2 aromatic rings. The average molecular weight is 413 g/mol. The van der Waals surface area contributed by atoms with Crippen molar-refractivity contribution in [3.8, 4) is 5.75 Å². The molecule has 0 spiro atoms. The molecular formula is C23H25ClN2O3. The molecule has 0 atom stereocenters. The lowest BCUT2D eigenvalue weighted by atomic mass is 10.1. The molecule has 0 radical (unpaired) electrons. The van der Waals surface area contributed by atoms with Crippen molar-refractivity contribution in [3.63, 3.8) is 0 Å². The van der Waals surface area contributed by atoms with E-state index in [-0.39, 0.29) is 12.2 Å². The molecule has 2 aromatic carbocycles. The third-order valence-corrected chi connectivity index (χ3v) is 4.03. The summed E-state index contributed by atoms with van der Waals surface area (Å²) in [5, 5.41) is 5.93. The summed E-state index contributed by atoms with van der Waals surface area (Å²) in [7, 11) is 0. The van der Waals surface area contributed by atoms with Crippen molar-refractivity contribution < 1.29 is 14.3 Å². The van der Waals surface area contributed by atoms with E-state index in [1.807, 2.05) is 0 Å². The predicted octanol–water partition coefficient (Wildman–Crippen LogP) is 4.45. The molecule has 0 saturated carbocycles. The molecule has 0 aliphatic carbocycles. The van der Waals surface area contributed by atoms with Crippen LogP contribution < -0.4 is 15.4 Å². The predicted molar refractivity (Wildman–Crippen MR) is 117 cm³/mol. The van der Waals surface area contributed by atoms with E-state index in [2.05, 4.69) is 31.1 Å². The second-order valence-corrected chi connectivity index (χ2v) is 7.23. The Morgan fingerprint density at radius 3 is 2.34 bits per heavy atom. The Hall–Kier alpha value is -3.05. The van der Waals surface area contributed by atoms with E-state index in [1.54, 1.807) is 60.7 Å². The Bertz CT molecular complexity index is 872. The highest BCUT2D eigenvalue weighted by Crippen LogP contribution is 2.15. The van der Waals surface area contributed by atoms with Gasteiger partial charge < -0.3 is 15.4 Å². The summed E-state index contributed by atoms with van der Waals surface area (Å²) in [4.78, 5) is 25.1. The molecular weight excluding hydrogens is 388 g/mol. The molecule has 0 unspecified atom stereocenters. The van der Waals surface area contributed by atoms with E-state index in [4.69, 9.17) is 16.3 Å². The molecule has 2 rings (SSSR count). The number of carbonyl (C=O) groups excluding carboxylic acids is 2. The van der Waals surface area contributed by atoms with Crippen LogP contribution in [-0.4, -0.2) is 25.0 Å². The molecule has 152 valence electrons. The maximum atomic E-state index is 12.6. The lowest BCUT2D eigenvalue weighted by Crippen LogP contribution is -2.34. The van der Waals surface area contributed by atoms with Crippen molar-refractivity contribution in [3.05, 3.63) is 83.0 Å². The first-order chi connectivity index (χ1) is 13.9. The van der Waals surface area contributed by atoms with Crippen LogP contribution in [0.15, 0.2) is 66.9 Å². The first kappa shape index (κ1) is 22.2. The third kappa shape index (κ3) is 7.47. The van der Waals surface area contributed by atoms with E-state index in [1.165, 1.54) is 0 Å². The minimum absolute atomic E-state index is 0.124. The second-order valence-electron chi connectivity index (χ2n) is 6.79. The fourth-order valence-electron chi connectivity index (χ4n) is 2.30. The van der Waals surface area contributed by atoms with Gasteiger partial charge in [-0.05, 0) is 54.0 Å². The summed E-state index contributed by atoms with van der Waals surface area (Å²) >= 11 is 5.91. The van der Waals surface area contributed by atoms with Crippen molar-refractivity contribution in [2.24, 2.45) is 5.92 Å². The number of hydrogen-bond acceptors (Lipinski definition) is 3. The van der Waals surface area contributed by atoms with Gasteiger partial charge in [0.05, 0.1) is 6.61 Å². The van der Waals surface area contributed by atoms with E-state index in [0.29, 0.717) is 28.9 Å². The summed E-state index contributed by atoms with van der Waals surface area (Å²) < 4.78 is 5.63. The SMILES string of the molecule is C=CCNC(=O)/C(=C\c1ccc(Cl)cc1)NC(=O)c1ccc(OCC(C)C)cc1. The van der Waals surface area contributed by atoms with Gasteiger partial charge in [0.1, 0.15) is 11.4 Å². The van der Waals surface area contributed by atoms with Crippen LogP contribution in [-0.2, 0) is 4.79 Å². The number of halogens is 1. The molecule has 0 saturated heterocycles. The number of carbonyl (C=O) groups is 2. The smallest absolute Gasteiger partial charge is 0.268 e. The van der Waals surface area contributed by atoms with Crippen LogP contribution in [0.2, 0.25) is 5.02 Å². The molecule has 5 nitrogen and oxygen atoms in total. The number of ether oxygens (including phenoxy) is 1. The topological polar surface area (TPSA) is 67.4 Å².